The first-order valence-corrected chi connectivity index (χ1v) is 14.4. The first-order chi connectivity index (χ1) is 19.5. The molecule has 2 saturated heterocycles. The molecule has 2 aromatic rings. The first-order valence-electron chi connectivity index (χ1n) is 14.4. The number of benzene rings is 2. The molecule has 5 rings (SSSR count). The number of fused-ring (bicyclic) bond motifs is 3. The molecule has 3 aliphatic rings. The van der Waals surface area contributed by atoms with Gasteiger partial charge in [0.15, 0.2) is 5.92 Å². The standard InChI is InChI=1S/C30H34F3N3O3.C2H6/c1-5-36-28(38)35-18-22-15-19(2)16-23(39-4)25(22)20(3)17-24(35)29(36)11-13-34(14-12-29)27(37)26(30(31,32)33)21-9-7-6-8-10-21;1-2/h6-10,15-17,20,26H,5,11-14,18H2,1-4H3;1-2H3. The number of ether oxygens (including phenoxy) is 1. The van der Waals surface area contributed by atoms with Gasteiger partial charge in [0.25, 0.3) is 0 Å². The van der Waals surface area contributed by atoms with Crippen molar-refractivity contribution in [1.82, 2.24) is 14.7 Å². The predicted octanol–water partition coefficient (Wildman–Crippen LogP) is 7.00. The van der Waals surface area contributed by atoms with Crippen molar-refractivity contribution in [1.29, 1.82) is 0 Å². The number of hydrogen-bond acceptors (Lipinski definition) is 3. The molecule has 3 heterocycles. The number of urea groups is 1. The first kappa shape index (κ1) is 30.5. The molecule has 0 aliphatic carbocycles. The molecule has 0 radical (unpaired) electrons. The molecule has 222 valence electrons. The number of hydrogen-bond donors (Lipinski definition) is 0. The fourth-order valence-electron chi connectivity index (χ4n) is 6.72. The Morgan fingerprint density at radius 2 is 1.76 bits per heavy atom. The average Bonchev–Trinajstić information content (AvgIpc) is 3.05. The van der Waals surface area contributed by atoms with Crippen molar-refractivity contribution in [2.75, 3.05) is 26.7 Å². The molecule has 0 saturated carbocycles. The minimum absolute atomic E-state index is 0.0376. The third kappa shape index (κ3) is 5.31. The number of piperidine rings is 1. The number of rotatable bonds is 4. The Morgan fingerprint density at radius 1 is 1.12 bits per heavy atom. The molecule has 6 nitrogen and oxygen atoms in total. The lowest BCUT2D eigenvalue weighted by Gasteiger charge is -2.45. The maximum Gasteiger partial charge on any atom is 0.404 e. The summed E-state index contributed by atoms with van der Waals surface area (Å²) in [5, 5.41) is 0. The number of carbonyl (C=O) groups is 2. The van der Waals surface area contributed by atoms with E-state index in [-0.39, 0.29) is 30.6 Å². The Labute approximate surface area is 240 Å². The van der Waals surface area contributed by atoms with Gasteiger partial charge in [0, 0.05) is 36.8 Å². The van der Waals surface area contributed by atoms with Crippen LogP contribution in [0.4, 0.5) is 18.0 Å². The molecule has 2 atom stereocenters. The van der Waals surface area contributed by atoms with E-state index >= 15 is 0 Å². The predicted molar refractivity (Wildman–Crippen MR) is 153 cm³/mol. The summed E-state index contributed by atoms with van der Waals surface area (Å²) < 4.78 is 47.9. The molecule has 9 heteroatoms. The number of nitrogens with zero attached hydrogens (tertiary/aromatic N) is 3. The van der Waals surface area contributed by atoms with Gasteiger partial charge in [0.1, 0.15) is 5.75 Å². The van der Waals surface area contributed by atoms with Gasteiger partial charge in [-0.15, -0.1) is 0 Å². The lowest BCUT2D eigenvalue weighted by molar-refractivity contribution is -0.173. The maximum absolute atomic E-state index is 14.1. The van der Waals surface area contributed by atoms with E-state index in [1.807, 2.05) is 43.6 Å². The van der Waals surface area contributed by atoms with Gasteiger partial charge >= 0.3 is 12.2 Å². The number of likely N-dealkylation sites (N-methyl/N-ethyl adjacent to an activating group) is 1. The van der Waals surface area contributed by atoms with Gasteiger partial charge in [0.05, 0.1) is 19.2 Å². The van der Waals surface area contributed by atoms with Crippen molar-refractivity contribution in [3.63, 3.8) is 0 Å². The molecule has 41 heavy (non-hydrogen) atoms. The number of amides is 3. The van der Waals surface area contributed by atoms with Gasteiger partial charge < -0.3 is 14.5 Å². The molecule has 1 spiro atoms. The monoisotopic (exact) mass is 571 g/mol. The minimum atomic E-state index is -4.70. The van der Waals surface area contributed by atoms with E-state index in [0.717, 1.165) is 28.1 Å². The summed E-state index contributed by atoms with van der Waals surface area (Å²) in [6.07, 6.45) is -1.85. The van der Waals surface area contributed by atoms with Crippen molar-refractivity contribution in [2.24, 2.45) is 0 Å². The van der Waals surface area contributed by atoms with Crippen molar-refractivity contribution in [3.05, 3.63) is 76.5 Å². The maximum atomic E-state index is 14.1. The zero-order chi connectivity index (χ0) is 30.1. The highest BCUT2D eigenvalue weighted by atomic mass is 19.4. The summed E-state index contributed by atoms with van der Waals surface area (Å²) >= 11 is 0. The van der Waals surface area contributed by atoms with Gasteiger partial charge in [-0.2, -0.15) is 13.2 Å². The van der Waals surface area contributed by atoms with Gasteiger partial charge in [-0.25, -0.2) is 4.79 Å². The van der Waals surface area contributed by atoms with Crippen molar-refractivity contribution >= 4 is 11.9 Å². The highest BCUT2D eigenvalue weighted by Gasteiger charge is 2.56. The second-order valence-electron chi connectivity index (χ2n) is 10.7. The van der Waals surface area contributed by atoms with E-state index in [1.54, 1.807) is 13.2 Å². The molecule has 2 aromatic carbocycles. The van der Waals surface area contributed by atoms with E-state index in [0.29, 0.717) is 25.9 Å². The van der Waals surface area contributed by atoms with E-state index in [2.05, 4.69) is 19.1 Å². The topological polar surface area (TPSA) is 53.1 Å². The number of carbonyl (C=O) groups excluding carboxylic acids is 2. The van der Waals surface area contributed by atoms with E-state index in [1.165, 1.54) is 29.2 Å². The van der Waals surface area contributed by atoms with Crippen LogP contribution in [0.25, 0.3) is 0 Å². The van der Waals surface area contributed by atoms with Crippen LogP contribution in [0.1, 0.15) is 74.6 Å². The fraction of sp³-hybridized carbons (Fsp3) is 0.500. The molecule has 0 aromatic heterocycles. The number of aryl methyl sites for hydroxylation is 1. The molecule has 0 N–H and O–H groups in total. The third-order valence-corrected chi connectivity index (χ3v) is 8.46. The summed E-state index contributed by atoms with van der Waals surface area (Å²) in [7, 11) is 1.64. The summed E-state index contributed by atoms with van der Waals surface area (Å²) in [5.41, 5.74) is 3.24. The van der Waals surface area contributed by atoms with Gasteiger partial charge in [-0.3, -0.25) is 9.69 Å². The molecular weight excluding hydrogens is 531 g/mol. The van der Waals surface area contributed by atoms with Crippen LogP contribution < -0.4 is 4.74 Å². The second-order valence-corrected chi connectivity index (χ2v) is 10.7. The molecule has 3 aliphatic heterocycles. The lowest BCUT2D eigenvalue weighted by atomic mass is 9.81. The zero-order valence-corrected chi connectivity index (χ0v) is 24.7. The SMILES string of the molecule is CC.CCN1C(=O)N2Cc3cc(C)cc(OC)c3C(C)C=C2C12CCN(C(=O)C(c1ccccc1)C(F)(F)F)CC2. The highest BCUT2D eigenvalue weighted by Crippen LogP contribution is 2.49. The largest absolute Gasteiger partial charge is 0.496 e. The van der Waals surface area contributed by atoms with E-state index in [4.69, 9.17) is 4.74 Å². The molecule has 2 fully saturated rings. The van der Waals surface area contributed by atoms with Gasteiger partial charge in [-0.1, -0.05) is 63.2 Å². The van der Waals surface area contributed by atoms with Gasteiger partial charge in [0.2, 0.25) is 5.91 Å². The van der Waals surface area contributed by atoms with Crippen molar-refractivity contribution in [3.8, 4) is 5.75 Å². The van der Waals surface area contributed by atoms with Crippen LogP contribution in [0.3, 0.4) is 0 Å². The number of alkyl halides is 3. The van der Waals surface area contributed by atoms with Crippen molar-refractivity contribution in [2.45, 2.75) is 77.6 Å². The smallest absolute Gasteiger partial charge is 0.404 e. The van der Waals surface area contributed by atoms with Crippen molar-refractivity contribution < 1.29 is 27.5 Å². The second kappa shape index (κ2) is 11.8. The Bertz CT molecular complexity index is 1300. The Kier molecular flexibility index (Phi) is 8.76. The van der Waals surface area contributed by atoms with E-state index in [9.17, 15) is 22.8 Å². The Balaban J connectivity index is 0.00000189. The van der Waals surface area contributed by atoms with Crippen LogP contribution in [-0.4, -0.2) is 65.1 Å². The average molecular weight is 572 g/mol. The zero-order valence-electron chi connectivity index (χ0n) is 24.7. The molecule has 3 amide bonds. The number of allylic oxidation sites excluding steroid dienone is 1. The third-order valence-electron chi connectivity index (χ3n) is 8.46. The number of halogens is 3. The fourth-order valence-corrected chi connectivity index (χ4v) is 6.72. The summed E-state index contributed by atoms with van der Waals surface area (Å²) in [4.78, 5) is 32.0. The minimum Gasteiger partial charge on any atom is -0.496 e. The lowest BCUT2D eigenvalue weighted by Crippen LogP contribution is -2.55. The molecular formula is C32H40F3N3O3. The number of methoxy groups -OCH3 is 1. The number of likely N-dealkylation sites (tertiary alicyclic amines) is 1. The van der Waals surface area contributed by atoms with Crippen LogP contribution in [-0.2, 0) is 11.3 Å². The molecule has 0 bridgehead atoms. The van der Waals surface area contributed by atoms with Crippen LogP contribution in [0.5, 0.6) is 5.75 Å². The highest BCUT2D eigenvalue weighted by molar-refractivity contribution is 5.86. The normalized spacial score (nSPS) is 20.4. The summed E-state index contributed by atoms with van der Waals surface area (Å²) in [5.74, 6) is -2.41. The Morgan fingerprint density at radius 3 is 2.32 bits per heavy atom. The van der Waals surface area contributed by atoms with Gasteiger partial charge in [-0.05, 0) is 49.4 Å². The van der Waals surface area contributed by atoms with Crippen LogP contribution >= 0.6 is 0 Å². The van der Waals surface area contributed by atoms with E-state index < -0.39 is 23.5 Å². The summed E-state index contributed by atoms with van der Waals surface area (Å²) in [6, 6.07) is 11.3. The summed E-state index contributed by atoms with van der Waals surface area (Å²) in [6.45, 7) is 11.1. The van der Waals surface area contributed by atoms with Crippen LogP contribution in [0.15, 0.2) is 54.2 Å². The quantitative estimate of drug-likeness (QED) is 0.397. The molecule has 2 unspecified atom stereocenters. The van der Waals surface area contributed by atoms with Crippen LogP contribution in [0.2, 0.25) is 0 Å². The Hall–Kier alpha value is -3.49. The van der Waals surface area contributed by atoms with Crippen LogP contribution in [0, 0.1) is 6.92 Å².